The fourth-order valence-corrected chi connectivity index (χ4v) is 2.35. The second-order valence-corrected chi connectivity index (χ2v) is 6.04. The predicted molar refractivity (Wildman–Crippen MR) is 81.2 cm³/mol. The Morgan fingerprint density at radius 3 is 2.47 bits per heavy atom. The number of aliphatic imine (C=N–C) groups is 1. The van der Waals surface area contributed by atoms with Gasteiger partial charge in [0.1, 0.15) is 0 Å². The zero-order valence-corrected chi connectivity index (χ0v) is 12.3. The molecule has 0 heterocycles. The van der Waals surface area contributed by atoms with Gasteiger partial charge >= 0.3 is 0 Å². The van der Waals surface area contributed by atoms with Crippen molar-refractivity contribution in [3.63, 3.8) is 0 Å². The van der Waals surface area contributed by atoms with Crippen LogP contribution in [0.1, 0.15) is 31.7 Å². The molecule has 1 aromatic rings. The number of hydrogen-bond donors (Lipinski definition) is 1. The lowest BCUT2D eigenvalue weighted by molar-refractivity contribution is 0.164. The third kappa shape index (κ3) is 3.98. The van der Waals surface area contributed by atoms with Crippen LogP contribution in [0.15, 0.2) is 35.3 Å². The second-order valence-electron chi connectivity index (χ2n) is 6.04. The first-order chi connectivity index (χ1) is 9.09. The topological polar surface area (TPSA) is 27.6 Å². The molecule has 2 rings (SSSR count). The molecule has 3 nitrogen and oxygen atoms in total. The molecule has 0 bridgehead atoms. The number of rotatable bonds is 4. The predicted octanol–water partition coefficient (Wildman–Crippen LogP) is 2.88. The lowest BCUT2D eigenvalue weighted by atomic mass is 9.70. The highest BCUT2D eigenvalue weighted by Crippen LogP contribution is 2.39. The maximum absolute atomic E-state index is 4.69. The van der Waals surface area contributed by atoms with E-state index in [2.05, 4.69) is 46.4 Å². The van der Waals surface area contributed by atoms with Crippen LogP contribution in [0.4, 0.5) is 0 Å². The van der Waals surface area contributed by atoms with Gasteiger partial charge in [0.05, 0.1) is 6.54 Å². The van der Waals surface area contributed by atoms with Gasteiger partial charge in [-0.1, -0.05) is 43.7 Å². The molecule has 0 unspecified atom stereocenters. The van der Waals surface area contributed by atoms with Crippen LogP contribution in [0.25, 0.3) is 0 Å². The van der Waals surface area contributed by atoms with Crippen molar-refractivity contribution in [2.45, 2.75) is 32.7 Å². The Bertz CT molecular complexity index is 419. The maximum atomic E-state index is 4.69. The number of benzene rings is 1. The van der Waals surface area contributed by atoms with Crippen LogP contribution in [-0.2, 0) is 6.54 Å². The van der Waals surface area contributed by atoms with E-state index in [1.807, 2.05) is 20.2 Å². The molecule has 0 amide bonds. The molecule has 0 atom stereocenters. The van der Waals surface area contributed by atoms with Crippen molar-refractivity contribution in [3.8, 4) is 0 Å². The van der Waals surface area contributed by atoms with E-state index < -0.39 is 0 Å². The Balaban J connectivity index is 1.91. The summed E-state index contributed by atoms with van der Waals surface area (Å²) in [5, 5.41) is 3.51. The molecule has 1 N–H and O–H groups in total. The minimum Gasteiger partial charge on any atom is -0.356 e. The van der Waals surface area contributed by atoms with Crippen LogP contribution < -0.4 is 5.32 Å². The van der Waals surface area contributed by atoms with Gasteiger partial charge in [0.25, 0.3) is 0 Å². The Labute approximate surface area is 116 Å². The average Bonchev–Trinajstić information content (AvgIpc) is 2.37. The largest absolute Gasteiger partial charge is 0.356 e. The van der Waals surface area contributed by atoms with Gasteiger partial charge in [-0.15, -0.1) is 0 Å². The molecule has 104 valence electrons. The Morgan fingerprint density at radius 2 is 1.95 bits per heavy atom. The van der Waals surface area contributed by atoms with Gasteiger partial charge in [0, 0.05) is 20.6 Å². The molecule has 3 heteroatoms. The lowest BCUT2D eigenvalue weighted by Gasteiger charge is -2.39. The van der Waals surface area contributed by atoms with E-state index in [1.165, 1.54) is 24.8 Å². The zero-order chi connectivity index (χ0) is 13.7. The molecule has 19 heavy (non-hydrogen) atoms. The molecule has 0 aliphatic heterocycles. The third-order valence-corrected chi connectivity index (χ3v) is 3.91. The van der Waals surface area contributed by atoms with Gasteiger partial charge in [-0.05, 0) is 23.8 Å². The molecule has 0 aromatic heterocycles. The van der Waals surface area contributed by atoms with Crippen molar-refractivity contribution in [2.75, 3.05) is 20.6 Å². The first-order valence-electron chi connectivity index (χ1n) is 7.09. The van der Waals surface area contributed by atoms with Gasteiger partial charge in [-0.25, -0.2) is 4.99 Å². The average molecular weight is 259 g/mol. The summed E-state index contributed by atoms with van der Waals surface area (Å²) in [5.41, 5.74) is 1.72. The summed E-state index contributed by atoms with van der Waals surface area (Å²) in [5.74, 6) is 0.983. The monoisotopic (exact) mass is 259 g/mol. The van der Waals surface area contributed by atoms with Crippen molar-refractivity contribution < 1.29 is 0 Å². The smallest absolute Gasteiger partial charge is 0.193 e. The molecule has 0 spiro atoms. The summed E-state index contributed by atoms with van der Waals surface area (Å²) >= 11 is 0. The van der Waals surface area contributed by atoms with Crippen LogP contribution >= 0.6 is 0 Å². The number of nitrogens with zero attached hydrogens (tertiary/aromatic N) is 2. The van der Waals surface area contributed by atoms with Crippen molar-refractivity contribution in [3.05, 3.63) is 35.9 Å². The molecule has 0 radical (unpaired) electrons. The molecule has 1 aliphatic carbocycles. The van der Waals surface area contributed by atoms with Gasteiger partial charge in [0.2, 0.25) is 0 Å². The van der Waals surface area contributed by atoms with E-state index in [0.29, 0.717) is 5.41 Å². The highest BCUT2D eigenvalue weighted by atomic mass is 15.3. The van der Waals surface area contributed by atoms with E-state index in [-0.39, 0.29) is 0 Å². The molecule has 1 saturated carbocycles. The molecular weight excluding hydrogens is 234 g/mol. The molecule has 1 aliphatic rings. The third-order valence-electron chi connectivity index (χ3n) is 3.91. The highest BCUT2D eigenvalue weighted by Gasteiger charge is 2.31. The molecule has 1 aromatic carbocycles. The second kappa shape index (κ2) is 6.09. The van der Waals surface area contributed by atoms with Crippen molar-refractivity contribution >= 4 is 5.96 Å². The molecule has 1 fully saturated rings. The van der Waals surface area contributed by atoms with Gasteiger partial charge < -0.3 is 10.2 Å². The zero-order valence-electron chi connectivity index (χ0n) is 12.3. The van der Waals surface area contributed by atoms with Gasteiger partial charge in [-0.3, -0.25) is 0 Å². The van der Waals surface area contributed by atoms with Crippen molar-refractivity contribution in [1.82, 2.24) is 10.2 Å². The molecule has 0 saturated heterocycles. The van der Waals surface area contributed by atoms with E-state index in [4.69, 9.17) is 0 Å². The highest BCUT2D eigenvalue weighted by molar-refractivity contribution is 5.79. The van der Waals surface area contributed by atoms with Gasteiger partial charge in [0.15, 0.2) is 5.96 Å². The maximum Gasteiger partial charge on any atom is 0.193 e. The summed E-state index contributed by atoms with van der Waals surface area (Å²) in [4.78, 5) is 6.75. The molecular formula is C16H25N3. The van der Waals surface area contributed by atoms with E-state index in [9.17, 15) is 0 Å². The Morgan fingerprint density at radius 1 is 1.26 bits per heavy atom. The lowest BCUT2D eigenvalue weighted by Crippen LogP contribution is -2.44. The van der Waals surface area contributed by atoms with Crippen molar-refractivity contribution in [1.29, 1.82) is 0 Å². The van der Waals surface area contributed by atoms with Crippen LogP contribution in [0.5, 0.6) is 0 Å². The first kappa shape index (κ1) is 13.9. The van der Waals surface area contributed by atoms with E-state index in [1.54, 1.807) is 0 Å². The standard InChI is InChI=1S/C16H25N3/c1-16(10-7-11-16)13-18-15(19(2)3)17-12-14-8-5-4-6-9-14/h4-6,8-9H,7,10-13H2,1-3H3,(H,17,18). The Kier molecular flexibility index (Phi) is 4.46. The summed E-state index contributed by atoms with van der Waals surface area (Å²) < 4.78 is 0. The quantitative estimate of drug-likeness (QED) is 0.665. The van der Waals surface area contributed by atoms with Gasteiger partial charge in [-0.2, -0.15) is 0 Å². The van der Waals surface area contributed by atoms with Crippen LogP contribution in [-0.4, -0.2) is 31.5 Å². The number of nitrogens with one attached hydrogen (secondary N) is 1. The number of hydrogen-bond acceptors (Lipinski definition) is 1. The van der Waals surface area contributed by atoms with Crippen LogP contribution in [0.3, 0.4) is 0 Å². The normalized spacial score (nSPS) is 17.7. The van der Waals surface area contributed by atoms with E-state index >= 15 is 0 Å². The van der Waals surface area contributed by atoms with Crippen LogP contribution in [0.2, 0.25) is 0 Å². The van der Waals surface area contributed by atoms with Crippen molar-refractivity contribution in [2.24, 2.45) is 10.4 Å². The van der Waals surface area contributed by atoms with E-state index in [0.717, 1.165) is 19.0 Å². The fraction of sp³-hybridized carbons (Fsp3) is 0.562. The first-order valence-corrected chi connectivity index (χ1v) is 7.09. The Hall–Kier alpha value is -1.51. The SMILES string of the molecule is CN(C)C(=NCc1ccccc1)NCC1(C)CCC1. The number of guanidine groups is 1. The summed E-state index contributed by atoms with van der Waals surface area (Å²) in [6, 6.07) is 10.4. The van der Waals surface area contributed by atoms with Crippen LogP contribution in [0, 0.1) is 5.41 Å². The fourth-order valence-electron chi connectivity index (χ4n) is 2.35. The summed E-state index contributed by atoms with van der Waals surface area (Å²) in [6.45, 7) is 4.12. The minimum absolute atomic E-state index is 0.476. The minimum atomic E-state index is 0.476. The summed E-state index contributed by atoms with van der Waals surface area (Å²) in [6.07, 6.45) is 4.04. The summed E-state index contributed by atoms with van der Waals surface area (Å²) in [7, 11) is 4.08.